The molecule has 1 amide bonds. The summed E-state index contributed by atoms with van der Waals surface area (Å²) in [7, 11) is 0. The Balaban J connectivity index is 1.87. The lowest BCUT2D eigenvalue weighted by Gasteiger charge is -2.10. The third-order valence-corrected chi connectivity index (χ3v) is 5.89. The average molecular weight is 388 g/mol. The fourth-order valence-corrected chi connectivity index (χ4v) is 3.76. The molecule has 0 saturated carbocycles. The molecule has 0 unspecified atom stereocenters. The van der Waals surface area contributed by atoms with Crippen LogP contribution in [0, 0.1) is 13.8 Å². The number of nitrogens with one attached hydrogen (secondary N) is 1. The van der Waals surface area contributed by atoms with Crippen molar-refractivity contribution in [3.63, 3.8) is 0 Å². The molecule has 0 bridgehead atoms. The average Bonchev–Trinajstić information content (AvgIpc) is 2.68. The fourth-order valence-electron chi connectivity index (χ4n) is 3.76. The summed E-state index contributed by atoms with van der Waals surface area (Å²) >= 11 is 0. The largest absolute Gasteiger partial charge is 0.326 e. The van der Waals surface area contributed by atoms with Gasteiger partial charge in [0.25, 0.3) is 0 Å². The Morgan fingerprint density at radius 1 is 0.714 bits per heavy atom. The topological polar surface area (TPSA) is 29.1 Å². The molecule has 1 aromatic rings. The van der Waals surface area contributed by atoms with Gasteiger partial charge in [0, 0.05) is 12.1 Å². The van der Waals surface area contributed by atoms with Crippen LogP contribution in [0.2, 0.25) is 0 Å². The van der Waals surface area contributed by atoms with E-state index in [9.17, 15) is 4.79 Å². The van der Waals surface area contributed by atoms with Crippen LogP contribution in [-0.2, 0) is 4.79 Å². The maximum absolute atomic E-state index is 12.1. The molecule has 2 nitrogen and oxygen atoms in total. The Kier molecular flexibility index (Phi) is 14.7. The Bertz CT molecular complexity index is 523. The van der Waals surface area contributed by atoms with Gasteiger partial charge in [-0.05, 0) is 37.5 Å². The number of unbranched alkanes of at least 4 members (excludes halogenated alkanes) is 14. The first-order valence-electron chi connectivity index (χ1n) is 12.0. The Morgan fingerprint density at radius 2 is 1.18 bits per heavy atom. The van der Waals surface area contributed by atoms with Crippen molar-refractivity contribution in [2.75, 3.05) is 5.32 Å². The zero-order valence-electron chi connectivity index (χ0n) is 19.0. The summed E-state index contributed by atoms with van der Waals surface area (Å²) in [6, 6.07) is 6.08. The highest BCUT2D eigenvalue weighted by Gasteiger charge is 2.05. The number of benzene rings is 1. The number of rotatable bonds is 17. The van der Waals surface area contributed by atoms with Crippen molar-refractivity contribution in [2.24, 2.45) is 0 Å². The van der Waals surface area contributed by atoms with Gasteiger partial charge in [-0.25, -0.2) is 0 Å². The molecule has 28 heavy (non-hydrogen) atoms. The van der Waals surface area contributed by atoms with Crippen LogP contribution in [0.5, 0.6) is 0 Å². The van der Waals surface area contributed by atoms with E-state index in [1.807, 2.05) is 12.1 Å². The molecule has 0 saturated heterocycles. The molecule has 1 rings (SSSR count). The summed E-state index contributed by atoms with van der Waals surface area (Å²) in [6.45, 7) is 6.43. The molecular weight excluding hydrogens is 342 g/mol. The number of carbonyl (C=O) groups excluding carboxylic acids is 1. The van der Waals surface area contributed by atoms with E-state index in [1.54, 1.807) is 0 Å². The van der Waals surface area contributed by atoms with Crippen LogP contribution >= 0.6 is 0 Å². The van der Waals surface area contributed by atoms with E-state index in [1.165, 1.54) is 101 Å². The van der Waals surface area contributed by atoms with Crippen molar-refractivity contribution in [1.29, 1.82) is 0 Å². The number of anilines is 1. The van der Waals surface area contributed by atoms with Crippen LogP contribution in [0.15, 0.2) is 18.2 Å². The summed E-state index contributed by atoms with van der Waals surface area (Å²) in [5.41, 5.74) is 3.36. The van der Waals surface area contributed by atoms with Crippen LogP contribution in [0.1, 0.15) is 121 Å². The van der Waals surface area contributed by atoms with E-state index >= 15 is 0 Å². The number of carbonyl (C=O) groups is 1. The van der Waals surface area contributed by atoms with E-state index < -0.39 is 0 Å². The fraction of sp³-hybridized carbons (Fsp3) is 0.731. The summed E-state index contributed by atoms with van der Waals surface area (Å²) in [5, 5.41) is 3.06. The molecule has 2 heteroatoms. The van der Waals surface area contributed by atoms with Crippen LogP contribution in [0.25, 0.3) is 0 Å². The van der Waals surface area contributed by atoms with Gasteiger partial charge in [-0.1, -0.05) is 109 Å². The van der Waals surface area contributed by atoms with E-state index in [0.717, 1.165) is 12.1 Å². The molecule has 0 aliphatic carbocycles. The Hall–Kier alpha value is -1.31. The van der Waals surface area contributed by atoms with Gasteiger partial charge < -0.3 is 5.32 Å². The first kappa shape index (κ1) is 24.7. The Labute approximate surface area is 174 Å². The van der Waals surface area contributed by atoms with E-state index in [0.29, 0.717) is 6.42 Å². The highest BCUT2D eigenvalue weighted by atomic mass is 16.1. The van der Waals surface area contributed by atoms with Gasteiger partial charge in [0.05, 0.1) is 0 Å². The van der Waals surface area contributed by atoms with Crippen LogP contribution in [-0.4, -0.2) is 5.91 Å². The lowest BCUT2D eigenvalue weighted by Crippen LogP contribution is -2.12. The lowest BCUT2D eigenvalue weighted by atomic mass is 10.0. The molecule has 1 N–H and O–H groups in total. The second kappa shape index (κ2) is 16.6. The van der Waals surface area contributed by atoms with Crippen molar-refractivity contribution in [3.8, 4) is 0 Å². The van der Waals surface area contributed by atoms with Crippen LogP contribution in [0.4, 0.5) is 5.69 Å². The van der Waals surface area contributed by atoms with Gasteiger partial charge >= 0.3 is 0 Å². The predicted octanol–water partition coefficient (Wildman–Crippen LogP) is 8.50. The summed E-state index contributed by atoms with van der Waals surface area (Å²) in [4.78, 5) is 12.1. The SMILES string of the molecule is CCCCCCCCCCCCCCCCCC(=O)Nc1cccc(C)c1C. The predicted molar refractivity (Wildman–Crippen MR) is 124 cm³/mol. The van der Waals surface area contributed by atoms with Gasteiger partial charge in [-0.2, -0.15) is 0 Å². The maximum atomic E-state index is 12.1. The minimum atomic E-state index is 0.156. The molecule has 0 radical (unpaired) electrons. The molecule has 0 atom stereocenters. The van der Waals surface area contributed by atoms with Crippen molar-refractivity contribution >= 4 is 11.6 Å². The minimum Gasteiger partial charge on any atom is -0.326 e. The second-order valence-electron chi connectivity index (χ2n) is 8.50. The van der Waals surface area contributed by atoms with Crippen molar-refractivity contribution < 1.29 is 4.79 Å². The smallest absolute Gasteiger partial charge is 0.224 e. The first-order valence-corrected chi connectivity index (χ1v) is 12.0. The summed E-state index contributed by atoms with van der Waals surface area (Å²) in [6.07, 6.45) is 21.0. The van der Waals surface area contributed by atoms with Crippen LogP contribution in [0.3, 0.4) is 0 Å². The quantitative estimate of drug-likeness (QED) is 0.267. The zero-order valence-corrected chi connectivity index (χ0v) is 19.0. The molecule has 0 fully saturated rings. The van der Waals surface area contributed by atoms with E-state index in [-0.39, 0.29) is 5.91 Å². The van der Waals surface area contributed by atoms with Crippen molar-refractivity contribution in [2.45, 2.75) is 124 Å². The van der Waals surface area contributed by atoms with Crippen molar-refractivity contribution in [3.05, 3.63) is 29.3 Å². The molecule has 0 aliphatic rings. The Morgan fingerprint density at radius 3 is 1.68 bits per heavy atom. The number of aryl methyl sites for hydroxylation is 1. The highest BCUT2D eigenvalue weighted by molar-refractivity contribution is 5.91. The normalized spacial score (nSPS) is 11.0. The van der Waals surface area contributed by atoms with E-state index in [4.69, 9.17) is 0 Å². The summed E-state index contributed by atoms with van der Waals surface area (Å²) < 4.78 is 0. The molecule has 0 aliphatic heterocycles. The van der Waals surface area contributed by atoms with Gasteiger partial charge in [-0.15, -0.1) is 0 Å². The maximum Gasteiger partial charge on any atom is 0.224 e. The number of amides is 1. The van der Waals surface area contributed by atoms with Crippen LogP contribution < -0.4 is 5.32 Å². The first-order chi connectivity index (χ1) is 13.6. The molecule has 160 valence electrons. The van der Waals surface area contributed by atoms with Crippen molar-refractivity contribution in [1.82, 2.24) is 0 Å². The summed E-state index contributed by atoms with van der Waals surface area (Å²) in [5.74, 6) is 0.156. The van der Waals surface area contributed by atoms with Gasteiger partial charge in [0.2, 0.25) is 5.91 Å². The van der Waals surface area contributed by atoms with Gasteiger partial charge in [0.15, 0.2) is 0 Å². The molecular formula is C26H45NO. The standard InChI is InChI=1S/C26H45NO/c1-4-5-6-7-8-9-10-11-12-13-14-15-16-17-18-22-26(28)27-25-21-19-20-23(2)24(25)3/h19-21H,4-18,22H2,1-3H3,(H,27,28). The second-order valence-corrected chi connectivity index (χ2v) is 8.50. The molecule has 0 spiro atoms. The van der Waals surface area contributed by atoms with Gasteiger partial charge in [0.1, 0.15) is 0 Å². The molecule has 0 aromatic heterocycles. The minimum absolute atomic E-state index is 0.156. The molecule has 0 heterocycles. The third kappa shape index (κ3) is 12.2. The van der Waals surface area contributed by atoms with E-state index in [2.05, 4.69) is 32.2 Å². The monoisotopic (exact) mass is 387 g/mol. The molecule has 1 aromatic carbocycles. The highest BCUT2D eigenvalue weighted by Crippen LogP contribution is 2.19. The van der Waals surface area contributed by atoms with Gasteiger partial charge in [-0.3, -0.25) is 4.79 Å². The number of hydrogen-bond donors (Lipinski definition) is 1. The zero-order chi connectivity index (χ0) is 20.5. The third-order valence-electron chi connectivity index (χ3n) is 5.89. The lowest BCUT2D eigenvalue weighted by molar-refractivity contribution is -0.116. The number of hydrogen-bond acceptors (Lipinski definition) is 1.